The summed E-state index contributed by atoms with van der Waals surface area (Å²) in [6, 6.07) is 3.01. The maximum absolute atomic E-state index is 9.18. The summed E-state index contributed by atoms with van der Waals surface area (Å²) in [5, 5.41) is 12.7. The van der Waals surface area contributed by atoms with E-state index in [0.29, 0.717) is 12.0 Å². The summed E-state index contributed by atoms with van der Waals surface area (Å²) in [5.74, 6) is 0.577. The van der Waals surface area contributed by atoms with Crippen molar-refractivity contribution in [1.29, 1.82) is 5.26 Å². The summed E-state index contributed by atoms with van der Waals surface area (Å²) >= 11 is 0. The minimum absolute atomic E-state index is 0.316. The van der Waals surface area contributed by atoms with E-state index in [-0.39, 0.29) is 5.54 Å². The smallest absolute Gasteiger partial charge is 0.104 e. The summed E-state index contributed by atoms with van der Waals surface area (Å²) < 4.78 is 0. The van der Waals surface area contributed by atoms with Crippen LogP contribution in [0.4, 0.5) is 0 Å². The number of hydrogen-bond acceptors (Lipinski definition) is 2. The van der Waals surface area contributed by atoms with Crippen molar-refractivity contribution in [3.63, 3.8) is 0 Å². The Morgan fingerprint density at radius 1 is 1.43 bits per heavy atom. The molecule has 14 heavy (non-hydrogen) atoms. The van der Waals surface area contributed by atoms with Gasteiger partial charge in [-0.15, -0.1) is 0 Å². The summed E-state index contributed by atoms with van der Waals surface area (Å²) in [4.78, 5) is 0. The number of nitrogens with one attached hydrogen (secondary N) is 1. The lowest BCUT2D eigenvalue weighted by atomic mass is 9.91. The molecule has 1 rings (SSSR count). The molecule has 0 aromatic heterocycles. The van der Waals surface area contributed by atoms with Gasteiger partial charge in [-0.25, -0.2) is 0 Å². The van der Waals surface area contributed by atoms with Gasteiger partial charge < -0.3 is 0 Å². The largest absolute Gasteiger partial charge is 0.297 e. The number of nitriles is 1. The highest BCUT2D eigenvalue weighted by atomic mass is 15.0. The lowest BCUT2D eigenvalue weighted by Gasteiger charge is -2.28. The van der Waals surface area contributed by atoms with Crippen molar-refractivity contribution >= 4 is 0 Å². The molecule has 2 nitrogen and oxygen atoms in total. The number of nitrogens with zero attached hydrogens (tertiary/aromatic N) is 1. The van der Waals surface area contributed by atoms with E-state index in [9.17, 15) is 5.26 Å². The van der Waals surface area contributed by atoms with E-state index >= 15 is 0 Å². The Morgan fingerprint density at radius 3 is 2.43 bits per heavy atom. The molecule has 0 aliphatic heterocycles. The summed E-state index contributed by atoms with van der Waals surface area (Å²) in [6.45, 7) is 6.38. The first-order valence-corrected chi connectivity index (χ1v) is 5.75. The first kappa shape index (κ1) is 11.5. The summed E-state index contributed by atoms with van der Waals surface area (Å²) in [7, 11) is 0. The average molecular weight is 194 g/mol. The summed E-state index contributed by atoms with van der Waals surface area (Å²) in [6.07, 6.45) is 6.08. The maximum atomic E-state index is 9.18. The first-order valence-electron chi connectivity index (χ1n) is 5.75. The lowest BCUT2D eigenvalue weighted by molar-refractivity contribution is 0.323. The van der Waals surface area contributed by atoms with Crippen LogP contribution < -0.4 is 5.32 Å². The minimum Gasteiger partial charge on any atom is -0.297 e. The first-order chi connectivity index (χ1) is 6.56. The van der Waals surface area contributed by atoms with E-state index in [1.165, 1.54) is 25.7 Å². The fraction of sp³-hybridized carbons (Fsp3) is 0.917. The van der Waals surface area contributed by atoms with Crippen LogP contribution in [-0.4, -0.2) is 11.6 Å². The second-order valence-electron chi connectivity index (χ2n) is 5.17. The molecular formula is C12H22N2. The highest BCUT2D eigenvalue weighted by Gasteiger charge is 2.29. The molecule has 0 spiro atoms. The Morgan fingerprint density at radius 2 is 2.00 bits per heavy atom. The van der Waals surface area contributed by atoms with E-state index in [4.69, 9.17) is 0 Å². The third-order valence-corrected chi connectivity index (χ3v) is 2.94. The average Bonchev–Trinajstić information content (AvgIpc) is 2.55. The predicted molar refractivity (Wildman–Crippen MR) is 58.9 cm³/mol. The zero-order chi connectivity index (χ0) is 10.6. The van der Waals surface area contributed by atoms with E-state index in [1.54, 1.807) is 0 Å². The molecule has 0 aromatic carbocycles. The van der Waals surface area contributed by atoms with Crippen LogP contribution in [-0.2, 0) is 0 Å². The molecule has 0 amide bonds. The molecule has 1 aliphatic rings. The Bertz CT molecular complexity index is 211. The van der Waals surface area contributed by atoms with Gasteiger partial charge in [-0.1, -0.05) is 26.7 Å². The second kappa shape index (κ2) is 4.79. The van der Waals surface area contributed by atoms with Crippen molar-refractivity contribution in [1.82, 2.24) is 5.32 Å². The number of rotatable bonds is 4. The zero-order valence-corrected chi connectivity index (χ0v) is 9.64. The molecule has 1 aliphatic carbocycles. The van der Waals surface area contributed by atoms with Crippen LogP contribution in [0.15, 0.2) is 0 Å². The molecule has 1 N–H and O–H groups in total. The molecule has 1 saturated carbocycles. The third-order valence-electron chi connectivity index (χ3n) is 2.94. The van der Waals surface area contributed by atoms with E-state index < -0.39 is 0 Å². The van der Waals surface area contributed by atoms with Crippen LogP contribution in [0.2, 0.25) is 0 Å². The Hall–Kier alpha value is -0.550. The SMILES string of the molecule is CC(C)CC(C)(C#N)NC1CCCC1. The van der Waals surface area contributed by atoms with Crippen LogP contribution in [0.3, 0.4) is 0 Å². The van der Waals surface area contributed by atoms with Gasteiger partial charge in [0.2, 0.25) is 0 Å². The van der Waals surface area contributed by atoms with Gasteiger partial charge in [-0.05, 0) is 32.1 Å². The Labute approximate surface area is 87.7 Å². The molecule has 1 unspecified atom stereocenters. The normalized spacial score (nSPS) is 22.2. The van der Waals surface area contributed by atoms with Crippen LogP contribution in [0.1, 0.15) is 52.9 Å². The lowest BCUT2D eigenvalue weighted by Crippen LogP contribution is -2.47. The van der Waals surface area contributed by atoms with Gasteiger partial charge in [0.05, 0.1) is 6.07 Å². The molecule has 0 heterocycles. The van der Waals surface area contributed by atoms with Crippen molar-refractivity contribution in [3.05, 3.63) is 0 Å². The molecule has 0 aromatic rings. The predicted octanol–water partition coefficient (Wildman–Crippen LogP) is 2.85. The molecule has 0 bridgehead atoms. The van der Waals surface area contributed by atoms with E-state index in [0.717, 1.165) is 6.42 Å². The van der Waals surface area contributed by atoms with Gasteiger partial charge in [0.15, 0.2) is 0 Å². The Balaban J connectivity index is 2.47. The molecular weight excluding hydrogens is 172 g/mol. The molecule has 0 radical (unpaired) electrons. The van der Waals surface area contributed by atoms with Crippen LogP contribution in [0, 0.1) is 17.2 Å². The minimum atomic E-state index is -0.316. The molecule has 1 atom stereocenters. The molecule has 0 saturated heterocycles. The highest BCUT2D eigenvalue weighted by Crippen LogP contribution is 2.23. The van der Waals surface area contributed by atoms with E-state index in [2.05, 4.69) is 25.2 Å². The van der Waals surface area contributed by atoms with Gasteiger partial charge in [0.1, 0.15) is 5.54 Å². The second-order valence-corrected chi connectivity index (χ2v) is 5.17. The monoisotopic (exact) mass is 194 g/mol. The fourth-order valence-corrected chi connectivity index (χ4v) is 2.47. The highest BCUT2D eigenvalue weighted by molar-refractivity contribution is 5.05. The van der Waals surface area contributed by atoms with Gasteiger partial charge in [0, 0.05) is 6.04 Å². The number of hydrogen-bond donors (Lipinski definition) is 1. The third kappa shape index (κ3) is 3.31. The van der Waals surface area contributed by atoms with Crippen LogP contribution in [0.25, 0.3) is 0 Å². The quantitative estimate of drug-likeness (QED) is 0.747. The molecule has 80 valence electrons. The topological polar surface area (TPSA) is 35.8 Å². The van der Waals surface area contributed by atoms with Crippen molar-refractivity contribution in [3.8, 4) is 6.07 Å². The van der Waals surface area contributed by atoms with Gasteiger partial charge in [-0.3, -0.25) is 5.32 Å². The Kier molecular flexibility index (Phi) is 3.95. The van der Waals surface area contributed by atoms with Crippen LogP contribution in [0.5, 0.6) is 0 Å². The van der Waals surface area contributed by atoms with Gasteiger partial charge in [0.25, 0.3) is 0 Å². The maximum Gasteiger partial charge on any atom is 0.104 e. The van der Waals surface area contributed by atoms with Crippen LogP contribution >= 0.6 is 0 Å². The van der Waals surface area contributed by atoms with Crippen molar-refractivity contribution < 1.29 is 0 Å². The van der Waals surface area contributed by atoms with Gasteiger partial charge >= 0.3 is 0 Å². The van der Waals surface area contributed by atoms with Gasteiger partial charge in [-0.2, -0.15) is 5.26 Å². The van der Waals surface area contributed by atoms with Crippen molar-refractivity contribution in [2.45, 2.75) is 64.5 Å². The molecule has 1 fully saturated rings. The summed E-state index contributed by atoms with van der Waals surface area (Å²) in [5.41, 5.74) is -0.316. The van der Waals surface area contributed by atoms with Crippen molar-refractivity contribution in [2.24, 2.45) is 5.92 Å². The standard InChI is InChI=1S/C12H22N2/c1-10(2)8-12(3,9-13)14-11-6-4-5-7-11/h10-11,14H,4-8H2,1-3H3. The van der Waals surface area contributed by atoms with Crippen molar-refractivity contribution in [2.75, 3.05) is 0 Å². The molecule has 2 heteroatoms. The fourth-order valence-electron chi connectivity index (χ4n) is 2.47. The van der Waals surface area contributed by atoms with E-state index in [1.807, 2.05) is 6.92 Å². The zero-order valence-electron chi connectivity index (χ0n) is 9.64.